The third-order valence-corrected chi connectivity index (χ3v) is 4.81. The van der Waals surface area contributed by atoms with E-state index in [2.05, 4.69) is 15.3 Å². The molecule has 0 unspecified atom stereocenters. The van der Waals surface area contributed by atoms with Gasteiger partial charge in [-0.2, -0.15) is 0 Å². The molecule has 2 aromatic rings. The van der Waals surface area contributed by atoms with E-state index in [4.69, 9.17) is 26.8 Å². The van der Waals surface area contributed by atoms with Gasteiger partial charge in [0.05, 0.1) is 11.6 Å². The summed E-state index contributed by atoms with van der Waals surface area (Å²) in [7, 11) is 0. The minimum Gasteiger partial charge on any atom is -0.457 e. The molecule has 0 saturated carbocycles. The molecule has 0 radical (unpaired) electrons. The van der Waals surface area contributed by atoms with Crippen molar-refractivity contribution in [2.75, 3.05) is 18.5 Å². The highest BCUT2D eigenvalue weighted by molar-refractivity contribution is 6.30. The van der Waals surface area contributed by atoms with Crippen molar-refractivity contribution >= 4 is 29.2 Å². The third kappa shape index (κ3) is 3.00. The Morgan fingerprint density at radius 2 is 2.23 bits per heavy atom. The van der Waals surface area contributed by atoms with Crippen LogP contribution in [0.25, 0.3) is 0 Å². The third-order valence-electron chi connectivity index (χ3n) is 4.58. The zero-order chi connectivity index (χ0) is 18.1. The van der Waals surface area contributed by atoms with Crippen molar-refractivity contribution in [3.05, 3.63) is 58.9 Å². The maximum absolute atomic E-state index is 12.4. The largest absolute Gasteiger partial charge is 0.457 e. The number of anilines is 1. The highest BCUT2D eigenvalue weighted by Crippen LogP contribution is 2.42. The van der Waals surface area contributed by atoms with Crippen LogP contribution in [-0.4, -0.2) is 36.2 Å². The molecule has 134 valence electrons. The van der Waals surface area contributed by atoms with Crippen LogP contribution in [-0.2, 0) is 15.0 Å². The lowest BCUT2D eigenvalue weighted by molar-refractivity contribution is -0.0339. The molecule has 2 aliphatic heterocycles. The zero-order valence-electron chi connectivity index (χ0n) is 13.8. The van der Waals surface area contributed by atoms with E-state index >= 15 is 0 Å². The second-order valence-electron chi connectivity index (χ2n) is 6.20. The van der Waals surface area contributed by atoms with Gasteiger partial charge >= 0.3 is 0 Å². The van der Waals surface area contributed by atoms with E-state index in [1.807, 2.05) is 24.3 Å². The number of pyridine rings is 1. The lowest BCUT2D eigenvalue weighted by Crippen LogP contribution is -2.44. The number of amides is 1. The number of ether oxygens (including phenoxy) is 2. The van der Waals surface area contributed by atoms with E-state index in [0.717, 1.165) is 5.56 Å². The maximum atomic E-state index is 12.4. The Hall–Kier alpha value is -2.64. The second kappa shape index (κ2) is 6.59. The number of aliphatic imine (C=N–C) groups is 1. The van der Waals surface area contributed by atoms with Gasteiger partial charge in [0, 0.05) is 24.9 Å². The van der Waals surface area contributed by atoms with Gasteiger partial charge in [-0.05, 0) is 29.8 Å². The minimum atomic E-state index is -0.582. The predicted molar refractivity (Wildman–Crippen MR) is 97.3 cm³/mol. The molecule has 3 heterocycles. The van der Waals surface area contributed by atoms with E-state index in [0.29, 0.717) is 30.3 Å². The van der Waals surface area contributed by atoms with Crippen molar-refractivity contribution in [1.82, 2.24) is 4.98 Å². The average molecular weight is 373 g/mol. The summed E-state index contributed by atoms with van der Waals surface area (Å²) in [6.45, 7) is 0.997. The lowest BCUT2D eigenvalue weighted by Gasteiger charge is -2.35. The Morgan fingerprint density at radius 3 is 3.04 bits per heavy atom. The first kappa shape index (κ1) is 16.8. The fraction of sp³-hybridized carbons (Fsp3) is 0.278. The highest BCUT2D eigenvalue weighted by atomic mass is 35.5. The van der Waals surface area contributed by atoms with Crippen LogP contribution in [0, 0.1) is 0 Å². The molecule has 4 rings (SSSR count). The van der Waals surface area contributed by atoms with Crippen molar-refractivity contribution < 1.29 is 14.3 Å². The van der Waals surface area contributed by atoms with Crippen LogP contribution in [0.3, 0.4) is 0 Å². The summed E-state index contributed by atoms with van der Waals surface area (Å²) in [5, 5.41) is 3.33. The molecule has 26 heavy (non-hydrogen) atoms. The van der Waals surface area contributed by atoms with Crippen LogP contribution >= 0.6 is 11.6 Å². The molecule has 0 bridgehead atoms. The molecule has 3 N–H and O–H groups in total. The van der Waals surface area contributed by atoms with Crippen LogP contribution in [0.15, 0.2) is 47.6 Å². The summed E-state index contributed by atoms with van der Waals surface area (Å²) in [6.07, 6.45) is 1.83. The minimum absolute atomic E-state index is 0.167. The number of nitrogens with one attached hydrogen (secondary N) is 1. The molecular formula is C18H17ClN4O3. The molecule has 1 fully saturated rings. The van der Waals surface area contributed by atoms with Crippen molar-refractivity contribution in [3.8, 4) is 0 Å². The normalized spacial score (nSPS) is 24.3. The fourth-order valence-electron chi connectivity index (χ4n) is 3.31. The first-order valence-electron chi connectivity index (χ1n) is 8.20. The van der Waals surface area contributed by atoms with Crippen LogP contribution in [0.5, 0.6) is 0 Å². The number of hydrogen-bond acceptors (Lipinski definition) is 6. The van der Waals surface area contributed by atoms with Crippen LogP contribution in [0.1, 0.15) is 22.5 Å². The number of carbonyl (C=O) groups is 1. The van der Waals surface area contributed by atoms with Gasteiger partial charge in [-0.1, -0.05) is 23.7 Å². The van der Waals surface area contributed by atoms with Crippen LogP contribution < -0.4 is 11.1 Å². The quantitative estimate of drug-likeness (QED) is 0.861. The first-order valence-corrected chi connectivity index (χ1v) is 8.58. The number of hydrogen-bond donors (Lipinski definition) is 2. The maximum Gasteiger partial charge on any atom is 0.283 e. The molecule has 0 spiro atoms. The van der Waals surface area contributed by atoms with Crippen molar-refractivity contribution in [1.29, 1.82) is 0 Å². The molecule has 1 aromatic carbocycles. The van der Waals surface area contributed by atoms with Gasteiger partial charge in [-0.25, -0.2) is 9.98 Å². The molecule has 0 aliphatic carbocycles. The Bertz CT molecular complexity index is 871. The number of nitrogens with two attached hydrogens (primary N) is 1. The van der Waals surface area contributed by atoms with Crippen molar-refractivity contribution in [3.63, 3.8) is 0 Å². The number of amidine groups is 1. The molecule has 1 saturated heterocycles. The SMILES string of the molecule is NC1=N[C@@]2(c3cccc(NC(=O)c4ccc(Cl)cn4)c3)CCOC[C@H]2O1. The fourth-order valence-corrected chi connectivity index (χ4v) is 3.42. The van der Waals surface area contributed by atoms with Crippen LogP contribution in [0.2, 0.25) is 5.02 Å². The Labute approximate surface area is 155 Å². The van der Waals surface area contributed by atoms with Gasteiger partial charge in [-0.3, -0.25) is 4.79 Å². The Kier molecular flexibility index (Phi) is 4.26. The number of aromatic nitrogens is 1. The topological polar surface area (TPSA) is 98.8 Å². The monoisotopic (exact) mass is 372 g/mol. The number of rotatable bonds is 3. The van der Waals surface area contributed by atoms with E-state index < -0.39 is 5.54 Å². The summed E-state index contributed by atoms with van der Waals surface area (Å²) < 4.78 is 11.1. The zero-order valence-corrected chi connectivity index (χ0v) is 14.6. The first-order chi connectivity index (χ1) is 12.6. The van der Waals surface area contributed by atoms with E-state index in [-0.39, 0.29) is 23.7 Å². The second-order valence-corrected chi connectivity index (χ2v) is 6.64. The van der Waals surface area contributed by atoms with Gasteiger partial charge < -0.3 is 20.5 Å². The molecule has 1 aromatic heterocycles. The van der Waals surface area contributed by atoms with Gasteiger partial charge in [0.1, 0.15) is 11.2 Å². The molecule has 2 aliphatic rings. The van der Waals surface area contributed by atoms with Crippen molar-refractivity contribution in [2.24, 2.45) is 10.7 Å². The summed E-state index contributed by atoms with van der Waals surface area (Å²) in [5.74, 6) is -0.314. The molecule has 1 amide bonds. The molecule has 7 nitrogen and oxygen atoms in total. The van der Waals surface area contributed by atoms with E-state index in [9.17, 15) is 4.79 Å². The van der Waals surface area contributed by atoms with E-state index in [1.54, 1.807) is 12.1 Å². The smallest absolute Gasteiger partial charge is 0.283 e. The van der Waals surface area contributed by atoms with E-state index in [1.165, 1.54) is 6.20 Å². The van der Waals surface area contributed by atoms with Crippen LogP contribution in [0.4, 0.5) is 5.69 Å². The van der Waals surface area contributed by atoms with Gasteiger partial charge in [0.2, 0.25) is 0 Å². The lowest BCUT2D eigenvalue weighted by atomic mass is 9.81. The standard InChI is InChI=1S/C18H17ClN4O3/c19-12-4-5-14(21-9-12)16(24)22-13-3-1-2-11(8-13)18-6-7-25-10-15(18)26-17(20)23-18/h1-5,8-9,15H,6-7,10H2,(H2,20,23)(H,22,24)/t15-,18-/m1/s1. The number of fused-ring (bicyclic) bond motifs is 1. The summed E-state index contributed by atoms with van der Waals surface area (Å²) in [4.78, 5) is 21.0. The summed E-state index contributed by atoms with van der Waals surface area (Å²) in [5.41, 5.74) is 7.08. The van der Waals surface area contributed by atoms with Gasteiger partial charge in [0.15, 0.2) is 6.10 Å². The summed E-state index contributed by atoms with van der Waals surface area (Å²) >= 11 is 5.81. The highest BCUT2D eigenvalue weighted by Gasteiger charge is 2.49. The van der Waals surface area contributed by atoms with Crippen molar-refractivity contribution in [2.45, 2.75) is 18.1 Å². The number of nitrogens with zero attached hydrogens (tertiary/aromatic N) is 2. The average Bonchev–Trinajstić information content (AvgIpc) is 2.99. The number of benzene rings is 1. The molecule has 2 atom stereocenters. The van der Waals surface area contributed by atoms with Gasteiger partial charge in [-0.15, -0.1) is 0 Å². The Morgan fingerprint density at radius 1 is 1.35 bits per heavy atom. The van der Waals surface area contributed by atoms with Gasteiger partial charge in [0.25, 0.3) is 11.9 Å². The molecular weight excluding hydrogens is 356 g/mol. The number of halogens is 1. The number of carbonyl (C=O) groups excluding carboxylic acids is 1. The molecule has 8 heteroatoms. The Balaban J connectivity index is 1.60. The predicted octanol–water partition coefficient (Wildman–Crippen LogP) is 2.32. The summed E-state index contributed by atoms with van der Waals surface area (Å²) in [6, 6.07) is 10.9.